The molecule has 0 aromatic heterocycles. The summed E-state index contributed by atoms with van der Waals surface area (Å²) in [5.41, 5.74) is 7.47. The van der Waals surface area contributed by atoms with E-state index in [-0.39, 0.29) is 23.0 Å². The summed E-state index contributed by atoms with van der Waals surface area (Å²) < 4.78 is 69.2. The molecule has 5 nitrogen and oxygen atoms in total. The molecule has 38 heavy (non-hydrogen) atoms. The molecule has 0 amide bonds. The molecule has 1 heterocycles. The molecule has 0 saturated heterocycles. The van der Waals surface area contributed by atoms with Crippen molar-refractivity contribution in [2.24, 2.45) is 16.8 Å². The number of benzene rings is 2. The van der Waals surface area contributed by atoms with Crippen LogP contribution in [0.25, 0.3) is 5.57 Å². The Hall–Kier alpha value is -3.75. The highest BCUT2D eigenvalue weighted by Gasteiger charge is 2.37. The quantitative estimate of drug-likeness (QED) is 0.189. The van der Waals surface area contributed by atoms with Gasteiger partial charge >= 0.3 is 0 Å². The Balaban J connectivity index is 1.76. The summed E-state index contributed by atoms with van der Waals surface area (Å²) in [6.45, 7) is 8.83. The number of nitrogens with two attached hydrogens (primary N) is 1. The van der Waals surface area contributed by atoms with Crippen molar-refractivity contribution in [1.29, 1.82) is 0 Å². The van der Waals surface area contributed by atoms with Crippen LogP contribution in [-0.2, 0) is 0 Å². The average molecular weight is 532 g/mol. The number of methoxy groups -OCH3 is 1. The molecular weight excluding hydrogens is 498 g/mol. The zero-order valence-corrected chi connectivity index (χ0v) is 22.0. The van der Waals surface area contributed by atoms with Crippen molar-refractivity contribution >= 4 is 11.4 Å². The summed E-state index contributed by atoms with van der Waals surface area (Å²) in [6, 6.07) is 7.95. The van der Waals surface area contributed by atoms with Gasteiger partial charge in [0.1, 0.15) is 11.7 Å². The van der Waals surface area contributed by atoms with Crippen LogP contribution < -0.4 is 15.2 Å². The second-order valence-electron chi connectivity index (χ2n) is 9.18. The molecule has 1 aliphatic heterocycles. The van der Waals surface area contributed by atoms with Crippen molar-refractivity contribution in [3.05, 3.63) is 89.8 Å². The lowest BCUT2D eigenvalue weighted by Crippen LogP contribution is -2.27. The zero-order valence-electron chi connectivity index (χ0n) is 22.0. The van der Waals surface area contributed by atoms with Crippen molar-refractivity contribution in [2.75, 3.05) is 13.7 Å². The Morgan fingerprint density at radius 3 is 2.42 bits per heavy atom. The second-order valence-corrected chi connectivity index (χ2v) is 9.18. The molecule has 204 valence electrons. The molecule has 0 saturated carbocycles. The lowest BCUT2D eigenvalue weighted by Gasteiger charge is -2.25. The van der Waals surface area contributed by atoms with Gasteiger partial charge in [-0.3, -0.25) is 0 Å². The number of ether oxygens (including phenoxy) is 2. The normalized spacial score (nSPS) is 15.8. The molecular formula is C29H33F4N3O2. The fourth-order valence-corrected chi connectivity index (χ4v) is 3.80. The van der Waals surface area contributed by atoms with E-state index in [0.717, 1.165) is 18.6 Å². The van der Waals surface area contributed by atoms with Crippen LogP contribution in [-0.4, -0.2) is 30.5 Å². The molecule has 0 spiro atoms. The van der Waals surface area contributed by atoms with E-state index in [1.165, 1.54) is 43.3 Å². The van der Waals surface area contributed by atoms with E-state index in [1.54, 1.807) is 18.4 Å². The number of amidine groups is 1. The molecule has 0 bridgehead atoms. The lowest BCUT2D eigenvalue weighted by molar-refractivity contribution is -0.0402. The van der Waals surface area contributed by atoms with E-state index in [0.29, 0.717) is 22.7 Å². The van der Waals surface area contributed by atoms with Crippen LogP contribution in [0.5, 0.6) is 11.5 Å². The molecule has 0 fully saturated rings. The largest absolute Gasteiger partial charge is 0.493 e. The highest BCUT2D eigenvalue weighted by atomic mass is 19.3. The van der Waals surface area contributed by atoms with Gasteiger partial charge in [0.25, 0.3) is 5.92 Å². The smallest absolute Gasteiger partial charge is 0.257 e. The molecule has 0 radical (unpaired) electrons. The van der Waals surface area contributed by atoms with Crippen molar-refractivity contribution in [3.8, 4) is 11.5 Å². The van der Waals surface area contributed by atoms with Crippen LogP contribution in [0, 0.1) is 17.6 Å². The summed E-state index contributed by atoms with van der Waals surface area (Å²) in [4.78, 5) is 0. The third-order valence-corrected chi connectivity index (χ3v) is 6.63. The van der Waals surface area contributed by atoms with Gasteiger partial charge in [-0.05, 0) is 54.0 Å². The summed E-state index contributed by atoms with van der Waals surface area (Å²) in [5.74, 6) is -5.26. The summed E-state index contributed by atoms with van der Waals surface area (Å²) in [6.07, 6.45) is 5.06. The van der Waals surface area contributed by atoms with Crippen LogP contribution >= 0.6 is 0 Å². The van der Waals surface area contributed by atoms with E-state index in [4.69, 9.17) is 15.2 Å². The summed E-state index contributed by atoms with van der Waals surface area (Å²) in [5, 5.41) is 5.86. The van der Waals surface area contributed by atoms with Gasteiger partial charge in [0.05, 0.1) is 19.4 Å². The first-order valence-electron chi connectivity index (χ1n) is 12.3. The average Bonchev–Trinajstić information content (AvgIpc) is 2.90. The maximum Gasteiger partial charge on any atom is 0.257 e. The van der Waals surface area contributed by atoms with Gasteiger partial charge in [-0.1, -0.05) is 39.5 Å². The Kier molecular flexibility index (Phi) is 9.25. The molecule has 3 rings (SSSR count). The zero-order chi connectivity index (χ0) is 28.0. The van der Waals surface area contributed by atoms with E-state index >= 15 is 4.39 Å². The van der Waals surface area contributed by atoms with Crippen molar-refractivity contribution in [1.82, 2.24) is 5.01 Å². The van der Waals surface area contributed by atoms with E-state index in [1.807, 2.05) is 13.8 Å². The summed E-state index contributed by atoms with van der Waals surface area (Å²) in [7, 11) is 1.34. The molecule has 2 unspecified atom stereocenters. The number of hydrogen-bond donors (Lipinski definition) is 1. The van der Waals surface area contributed by atoms with Gasteiger partial charge in [-0.2, -0.15) is 5.10 Å². The van der Waals surface area contributed by atoms with Crippen molar-refractivity contribution in [3.63, 3.8) is 0 Å². The molecule has 9 heteroatoms. The minimum atomic E-state index is -3.17. The lowest BCUT2D eigenvalue weighted by atomic mass is 9.92. The Morgan fingerprint density at radius 2 is 1.82 bits per heavy atom. The number of halogens is 4. The van der Waals surface area contributed by atoms with Crippen molar-refractivity contribution in [2.45, 2.75) is 45.5 Å². The highest BCUT2D eigenvalue weighted by molar-refractivity contribution is 5.83. The number of hydrogen-bond acceptors (Lipinski definition) is 4. The topological polar surface area (TPSA) is 60.1 Å². The highest BCUT2D eigenvalue weighted by Crippen LogP contribution is 2.39. The summed E-state index contributed by atoms with van der Waals surface area (Å²) >= 11 is 0. The van der Waals surface area contributed by atoms with Gasteiger partial charge in [-0.25, -0.2) is 22.6 Å². The number of alkyl halides is 2. The third kappa shape index (κ3) is 6.57. The van der Waals surface area contributed by atoms with Crippen LogP contribution in [0.15, 0.2) is 72.1 Å². The van der Waals surface area contributed by atoms with Crippen LogP contribution in [0.4, 0.5) is 17.6 Å². The Bertz CT molecular complexity index is 1240. The van der Waals surface area contributed by atoms with Gasteiger partial charge in [0.15, 0.2) is 17.3 Å². The van der Waals surface area contributed by atoms with Crippen LogP contribution in [0.2, 0.25) is 0 Å². The first-order valence-corrected chi connectivity index (χ1v) is 12.3. The predicted octanol–water partition coefficient (Wildman–Crippen LogP) is 7.23. The Labute approximate surface area is 220 Å². The molecule has 1 aliphatic rings. The number of nitrogens with zero attached hydrogens (tertiary/aromatic N) is 2. The van der Waals surface area contributed by atoms with E-state index < -0.39 is 36.5 Å². The fraction of sp³-hybridized carbons (Fsp3) is 0.345. The number of allylic oxidation sites excluding steroid dienone is 3. The van der Waals surface area contributed by atoms with Crippen molar-refractivity contribution < 1.29 is 27.0 Å². The van der Waals surface area contributed by atoms with Gasteiger partial charge in [0, 0.05) is 30.0 Å². The minimum absolute atomic E-state index is 0.0768. The van der Waals surface area contributed by atoms with Crippen LogP contribution in [0.3, 0.4) is 0 Å². The predicted molar refractivity (Wildman–Crippen MR) is 142 cm³/mol. The second kappa shape index (κ2) is 12.2. The Morgan fingerprint density at radius 1 is 1.13 bits per heavy atom. The van der Waals surface area contributed by atoms with Gasteiger partial charge < -0.3 is 15.2 Å². The fourth-order valence-electron chi connectivity index (χ4n) is 3.80. The minimum Gasteiger partial charge on any atom is -0.493 e. The maximum absolute atomic E-state index is 15.6. The standard InChI is InChI=1S/C29H33F4N3O2/c1-6-18(2)28(34)35-36-15-13-22(17-19(36)3)24-11-12-25(37-5)27(26(24)31)38-16-14-29(32,33)20(4)21-7-9-23(30)10-8-21/h7-13,15,17-18,20H,3,6,14,16H2,1-2,4-5H3,(H2,34,35). The maximum atomic E-state index is 15.6. The first kappa shape index (κ1) is 28.8. The SMILES string of the molecule is C=C1C=C(c2ccc(OC)c(OCCC(F)(F)C(C)c3ccc(F)cc3)c2F)C=CN1/N=C(/N)C(C)CC. The van der Waals surface area contributed by atoms with Gasteiger partial charge in [-0.15, -0.1) is 0 Å². The molecule has 2 aromatic carbocycles. The van der Waals surface area contributed by atoms with Crippen LogP contribution in [0.1, 0.15) is 50.7 Å². The molecule has 0 aliphatic carbocycles. The first-order chi connectivity index (χ1) is 18.0. The number of rotatable bonds is 11. The number of hydrazone groups is 1. The van der Waals surface area contributed by atoms with Gasteiger partial charge in [0.2, 0.25) is 0 Å². The van der Waals surface area contributed by atoms with E-state index in [2.05, 4.69) is 11.7 Å². The molecule has 2 aromatic rings. The van der Waals surface area contributed by atoms with E-state index in [9.17, 15) is 13.2 Å². The molecule has 2 atom stereocenters. The molecule has 2 N–H and O–H groups in total. The third-order valence-electron chi connectivity index (χ3n) is 6.63. The monoisotopic (exact) mass is 531 g/mol.